The van der Waals surface area contributed by atoms with Crippen molar-refractivity contribution in [2.24, 2.45) is 11.0 Å². The van der Waals surface area contributed by atoms with E-state index in [2.05, 4.69) is 20.4 Å². The maximum Gasteiger partial charge on any atom is 0.329 e. The standard InChI is InChI=1S/C20H25ClN4O2/c1-12(2)10-22-19(26)20(27)24-23-11-16-8-14(4)25(15(16)5)17-7-6-13(3)18(21)9-17/h6-9,11-12H,10H2,1-5H3,(H,22,26)(H,24,27)/b23-11-. The quantitative estimate of drug-likeness (QED) is 0.468. The second-order valence-corrected chi connectivity index (χ2v) is 7.31. The van der Waals surface area contributed by atoms with Crippen molar-refractivity contribution in [3.8, 4) is 5.69 Å². The molecule has 2 aromatic rings. The van der Waals surface area contributed by atoms with E-state index in [-0.39, 0.29) is 5.92 Å². The molecule has 0 atom stereocenters. The highest BCUT2D eigenvalue weighted by Gasteiger charge is 2.13. The maximum atomic E-state index is 11.7. The second-order valence-electron chi connectivity index (χ2n) is 6.90. The van der Waals surface area contributed by atoms with Gasteiger partial charge in [0.25, 0.3) is 0 Å². The Morgan fingerprint density at radius 2 is 1.89 bits per heavy atom. The molecule has 0 aliphatic rings. The lowest BCUT2D eigenvalue weighted by Gasteiger charge is -2.11. The molecule has 0 spiro atoms. The number of amides is 2. The second kappa shape index (κ2) is 8.86. The first-order chi connectivity index (χ1) is 12.7. The van der Waals surface area contributed by atoms with Crippen LogP contribution in [-0.4, -0.2) is 29.1 Å². The molecular weight excluding hydrogens is 364 g/mol. The van der Waals surface area contributed by atoms with Gasteiger partial charge in [-0.1, -0.05) is 31.5 Å². The SMILES string of the molecule is Cc1ccc(-n2c(C)cc(/C=N\NC(=O)C(=O)NCC(C)C)c2C)cc1Cl. The molecule has 144 valence electrons. The summed E-state index contributed by atoms with van der Waals surface area (Å²) in [5.41, 5.74) is 7.03. The molecule has 2 amide bonds. The topological polar surface area (TPSA) is 75.5 Å². The number of halogens is 1. The molecule has 0 saturated heterocycles. The molecule has 0 unspecified atom stereocenters. The lowest BCUT2D eigenvalue weighted by molar-refractivity contribution is -0.139. The number of aromatic nitrogens is 1. The van der Waals surface area contributed by atoms with Gasteiger partial charge in [0.05, 0.1) is 6.21 Å². The zero-order valence-corrected chi connectivity index (χ0v) is 17.0. The van der Waals surface area contributed by atoms with Crippen LogP contribution >= 0.6 is 11.6 Å². The summed E-state index contributed by atoms with van der Waals surface area (Å²) in [4.78, 5) is 23.4. The number of hydrazone groups is 1. The molecule has 0 fully saturated rings. The predicted octanol–water partition coefficient (Wildman–Crippen LogP) is 3.28. The minimum Gasteiger partial charge on any atom is -0.348 e. The number of nitrogens with one attached hydrogen (secondary N) is 2. The van der Waals surface area contributed by atoms with Gasteiger partial charge in [-0.25, -0.2) is 5.43 Å². The van der Waals surface area contributed by atoms with Crippen LogP contribution in [0.4, 0.5) is 0 Å². The van der Waals surface area contributed by atoms with Gasteiger partial charge < -0.3 is 9.88 Å². The van der Waals surface area contributed by atoms with Crippen LogP contribution in [0.15, 0.2) is 29.4 Å². The molecule has 0 aliphatic heterocycles. The average Bonchev–Trinajstić information content (AvgIpc) is 2.89. The summed E-state index contributed by atoms with van der Waals surface area (Å²) in [5.74, 6) is -1.21. The van der Waals surface area contributed by atoms with Crippen LogP contribution in [0, 0.1) is 26.7 Å². The lowest BCUT2D eigenvalue weighted by Crippen LogP contribution is -2.39. The van der Waals surface area contributed by atoms with Gasteiger partial charge in [0.2, 0.25) is 0 Å². The van der Waals surface area contributed by atoms with Crippen molar-refractivity contribution in [2.45, 2.75) is 34.6 Å². The van der Waals surface area contributed by atoms with Gasteiger partial charge in [0, 0.05) is 34.2 Å². The molecule has 7 heteroatoms. The molecule has 2 rings (SSSR count). The van der Waals surface area contributed by atoms with Crippen molar-refractivity contribution >= 4 is 29.6 Å². The number of carbonyl (C=O) groups is 2. The Balaban J connectivity index is 2.12. The average molecular weight is 389 g/mol. The summed E-state index contributed by atoms with van der Waals surface area (Å²) in [6.07, 6.45) is 1.53. The van der Waals surface area contributed by atoms with Gasteiger partial charge in [-0.15, -0.1) is 0 Å². The Labute approximate surface area is 164 Å². The Kier molecular flexibility index (Phi) is 6.80. The normalized spacial score (nSPS) is 11.2. The number of hydrogen-bond acceptors (Lipinski definition) is 3. The van der Waals surface area contributed by atoms with E-state index in [0.717, 1.165) is 28.2 Å². The Morgan fingerprint density at radius 3 is 2.52 bits per heavy atom. The molecule has 1 aromatic heterocycles. The van der Waals surface area contributed by atoms with E-state index >= 15 is 0 Å². The highest BCUT2D eigenvalue weighted by atomic mass is 35.5. The van der Waals surface area contributed by atoms with E-state index in [4.69, 9.17) is 11.6 Å². The molecule has 6 nitrogen and oxygen atoms in total. The third-order valence-corrected chi connectivity index (χ3v) is 4.54. The molecule has 0 saturated carbocycles. The highest BCUT2D eigenvalue weighted by Crippen LogP contribution is 2.24. The van der Waals surface area contributed by atoms with Crippen LogP contribution < -0.4 is 10.7 Å². The van der Waals surface area contributed by atoms with Crippen molar-refractivity contribution in [3.05, 3.63) is 51.8 Å². The van der Waals surface area contributed by atoms with Crippen molar-refractivity contribution < 1.29 is 9.59 Å². The van der Waals surface area contributed by atoms with Gasteiger partial charge in [0.15, 0.2) is 0 Å². The van der Waals surface area contributed by atoms with Crippen LogP contribution in [-0.2, 0) is 9.59 Å². The van der Waals surface area contributed by atoms with E-state index in [0.29, 0.717) is 11.6 Å². The third kappa shape index (κ3) is 5.20. The summed E-state index contributed by atoms with van der Waals surface area (Å²) >= 11 is 6.24. The molecule has 0 aliphatic carbocycles. The smallest absolute Gasteiger partial charge is 0.329 e. The van der Waals surface area contributed by atoms with Gasteiger partial charge in [-0.2, -0.15) is 5.10 Å². The van der Waals surface area contributed by atoms with Gasteiger partial charge in [0.1, 0.15) is 0 Å². The van der Waals surface area contributed by atoms with Crippen molar-refractivity contribution in [1.82, 2.24) is 15.3 Å². The zero-order valence-electron chi connectivity index (χ0n) is 16.3. The van der Waals surface area contributed by atoms with Gasteiger partial charge >= 0.3 is 11.8 Å². The van der Waals surface area contributed by atoms with Crippen LogP contribution in [0.3, 0.4) is 0 Å². The number of aryl methyl sites for hydroxylation is 2. The van der Waals surface area contributed by atoms with E-state index in [1.165, 1.54) is 6.21 Å². The Bertz CT molecular complexity index is 884. The highest BCUT2D eigenvalue weighted by molar-refractivity contribution is 6.35. The summed E-state index contributed by atoms with van der Waals surface area (Å²) < 4.78 is 2.06. The third-order valence-electron chi connectivity index (χ3n) is 4.13. The van der Waals surface area contributed by atoms with Crippen molar-refractivity contribution in [3.63, 3.8) is 0 Å². The minimum absolute atomic E-state index is 0.269. The molecule has 27 heavy (non-hydrogen) atoms. The van der Waals surface area contributed by atoms with E-state index in [1.54, 1.807) is 0 Å². The fourth-order valence-electron chi connectivity index (χ4n) is 2.62. The number of hydrogen-bond donors (Lipinski definition) is 2. The van der Waals surface area contributed by atoms with Crippen LogP contribution in [0.1, 0.15) is 36.4 Å². The first kappa shape index (κ1) is 20.7. The number of nitrogens with zero attached hydrogens (tertiary/aromatic N) is 2. The summed E-state index contributed by atoms with van der Waals surface area (Å²) in [6.45, 7) is 10.2. The Hall–Kier alpha value is -2.60. The monoisotopic (exact) mass is 388 g/mol. The predicted molar refractivity (Wildman–Crippen MR) is 109 cm³/mol. The minimum atomic E-state index is -0.786. The maximum absolute atomic E-state index is 11.7. The first-order valence-electron chi connectivity index (χ1n) is 8.77. The van der Waals surface area contributed by atoms with E-state index < -0.39 is 11.8 Å². The van der Waals surface area contributed by atoms with Gasteiger partial charge in [-0.3, -0.25) is 9.59 Å². The van der Waals surface area contributed by atoms with Crippen molar-refractivity contribution in [1.29, 1.82) is 0 Å². The van der Waals surface area contributed by atoms with E-state index in [1.807, 2.05) is 58.9 Å². The van der Waals surface area contributed by atoms with Gasteiger partial charge in [-0.05, 0) is 50.5 Å². The number of benzene rings is 1. The number of rotatable bonds is 5. The molecular formula is C20H25ClN4O2. The first-order valence-corrected chi connectivity index (χ1v) is 9.15. The summed E-state index contributed by atoms with van der Waals surface area (Å²) in [5, 5.41) is 7.15. The summed E-state index contributed by atoms with van der Waals surface area (Å²) in [6, 6.07) is 7.85. The fraction of sp³-hybridized carbons (Fsp3) is 0.350. The fourth-order valence-corrected chi connectivity index (χ4v) is 2.80. The van der Waals surface area contributed by atoms with Crippen molar-refractivity contribution in [2.75, 3.05) is 6.54 Å². The molecule has 0 radical (unpaired) electrons. The van der Waals surface area contributed by atoms with E-state index in [9.17, 15) is 9.59 Å². The molecule has 1 heterocycles. The van der Waals surface area contributed by atoms with Crippen LogP contribution in [0.25, 0.3) is 5.69 Å². The lowest BCUT2D eigenvalue weighted by atomic mass is 10.2. The number of carbonyl (C=O) groups excluding carboxylic acids is 2. The largest absolute Gasteiger partial charge is 0.348 e. The Morgan fingerprint density at radius 1 is 1.19 bits per heavy atom. The molecule has 0 bridgehead atoms. The van der Waals surface area contributed by atoms with Crippen LogP contribution in [0.5, 0.6) is 0 Å². The summed E-state index contributed by atoms with van der Waals surface area (Å²) in [7, 11) is 0. The molecule has 2 N–H and O–H groups in total. The zero-order chi connectivity index (χ0) is 20.1. The van der Waals surface area contributed by atoms with Crippen LogP contribution in [0.2, 0.25) is 5.02 Å². The molecule has 1 aromatic carbocycles.